The van der Waals surface area contributed by atoms with E-state index in [2.05, 4.69) is 20.4 Å². The van der Waals surface area contributed by atoms with Crippen LogP contribution in [0.2, 0.25) is 0 Å². The molecular weight excluding hydrogens is 196 g/mol. The molecule has 3 atom stereocenters. The number of aldehydes is 1. The second-order valence-electron chi connectivity index (χ2n) is 5.57. The molecule has 0 saturated heterocycles. The van der Waals surface area contributed by atoms with Crippen LogP contribution in [-0.4, -0.2) is 6.29 Å². The molecule has 0 spiro atoms. The van der Waals surface area contributed by atoms with Gasteiger partial charge >= 0.3 is 0 Å². The number of rotatable bonds is 2. The van der Waals surface area contributed by atoms with Crippen molar-refractivity contribution >= 4 is 6.29 Å². The summed E-state index contributed by atoms with van der Waals surface area (Å²) in [4.78, 5) is 11.1. The average Bonchev–Trinajstić information content (AvgIpc) is 2.58. The van der Waals surface area contributed by atoms with Crippen LogP contribution >= 0.6 is 0 Å². The normalized spacial score (nSPS) is 34.5. The number of allylic oxidation sites excluding steroid dienone is 3. The van der Waals surface area contributed by atoms with Crippen molar-refractivity contribution in [2.24, 2.45) is 17.8 Å². The van der Waals surface area contributed by atoms with Gasteiger partial charge in [0.2, 0.25) is 0 Å². The van der Waals surface area contributed by atoms with Gasteiger partial charge in [0, 0.05) is 5.92 Å². The van der Waals surface area contributed by atoms with Crippen molar-refractivity contribution in [1.29, 1.82) is 0 Å². The van der Waals surface area contributed by atoms with Crippen molar-refractivity contribution in [3.8, 4) is 0 Å². The molecule has 1 fully saturated rings. The minimum Gasteiger partial charge on any atom is -0.303 e. The van der Waals surface area contributed by atoms with Crippen LogP contribution in [0, 0.1) is 17.8 Å². The van der Waals surface area contributed by atoms with Gasteiger partial charge in [0.15, 0.2) is 0 Å². The van der Waals surface area contributed by atoms with E-state index >= 15 is 0 Å². The summed E-state index contributed by atoms with van der Waals surface area (Å²) < 4.78 is 0. The number of carbonyl (C=O) groups excluding carboxylic acids is 1. The van der Waals surface area contributed by atoms with Crippen molar-refractivity contribution in [2.45, 2.75) is 46.0 Å². The third-order valence-electron chi connectivity index (χ3n) is 4.54. The molecule has 0 N–H and O–H groups in total. The van der Waals surface area contributed by atoms with E-state index in [0.717, 1.165) is 19.3 Å². The van der Waals surface area contributed by atoms with E-state index < -0.39 is 0 Å². The van der Waals surface area contributed by atoms with Crippen LogP contribution in [0.1, 0.15) is 46.0 Å². The summed E-state index contributed by atoms with van der Waals surface area (Å²) >= 11 is 0. The zero-order valence-electron chi connectivity index (χ0n) is 10.5. The summed E-state index contributed by atoms with van der Waals surface area (Å²) in [6.07, 6.45) is 7.01. The minimum atomic E-state index is 0.282. The molecule has 0 amide bonds. The van der Waals surface area contributed by atoms with E-state index in [-0.39, 0.29) is 5.92 Å². The van der Waals surface area contributed by atoms with Crippen LogP contribution in [0.25, 0.3) is 0 Å². The number of carbonyl (C=O) groups is 1. The van der Waals surface area contributed by atoms with Gasteiger partial charge in [-0.25, -0.2) is 0 Å². The largest absolute Gasteiger partial charge is 0.303 e. The van der Waals surface area contributed by atoms with Crippen molar-refractivity contribution in [3.05, 3.63) is 23.3 Å². The molecule has 2 aliphatic rings. The molecule has 0 radical (unpaired) electrons. The summed E-state index contributed by atoms with van der Waals surface area (Å²) in [5.41, 5.74) is 4.45. The number of fused-ring (bicyclic) bond motifs is 1. The van der Waals surface area contributed by atoms with E-state index in [1.54, 1.807) is 11.1 Å². The Morgan fingerprint density at radius 2 is 2.12 bits per heavy atom. The van der Waals surface area contributed by atoms with Crippen LogP contribution in [0.15, 0.2) is 23.3 Å². The van der Waals surface area contributed by atoms with Crippen LogP contribution in [0.3, 0.4) is 0 Å². The highest BCUT2D eigenvalue weighted by Crippen LogP contribution is 2.46. The lowest BCUT2D eigenvalue weighted by Crippen LogP contribution is -2.14. The van der Waals surface area contributed by atoms with Gasteiger partial charge in [0.1, 0.15) is 6.29 Å². The van der Waals surface area contributed by atoms with E-state index in [0.29, 0.717) is 11.8 Å². The maximum atomic E-state index is 11.1. The molecule has 3 unspecified atom stereocenters. The highest BCUT2D eigenvalue weighted by atomic mass is 16.1. The fraction of sp³-hybridized carbons (Fsp3) is 0.667. The number of hydrogen-bond acceptors (Lipinski definition) is 1. The van der Waals surface area contributed by atoms with Gasteiger partial charge in [-0.1, -0.05) is 23.3 Å². The third kappa shape index (κ3) is 2.00. The van der Waals surface area contributed by atoms with Gasteiger partial charge in [-0.05, 0) is 57.8 Å². The van der Waals surface area contributed by atoms with Gasteiger partial charge in [-0.3, -0.25) is 0 Å². The Balaban J connectivity index is 2.24. The highest BCUT2D eigenvalue weighted by Gasteiger charge is 2.35. The first kappa shape index (κ1) is 11.6. The van der Waals surface area contributed by atoms with Gasteiger partial charge in [0.25, 0.3) is 0 Å². The smallest absolute Gasteiger partial charge is 0.123 e. The second-order valence-corrected chi connectivity index (χ2v) is 5.57. The first-order chi connectivity index (χ1) is 7.63. The van der Waals surface area contributed by atoms with Gasteiger partial charge < -0.3 is 4.79 Å². The lowest BCUT2D eigenvalue weighted by Gasteiger charge is -2.21. The molecule has 1 saturated carbocycles. The second kappa shape index (κ2) is 4.57. The lowest BCUT2D eigenvalue weighted by molar-refractivity contribution is -0.111. The number of hydrogen-bond donors (Lipinski definition) is 0. The molecule has 1 nitrogen and oxygen atoms in total. The Kier molecular flexibility index (Phi) is 3.32. The zero-order valence-corrected chi connectivity index (χ0v) is 10.5. The monoisotopic (exact) mass is 218 g/mol. The van der Waals surface area contributed by atoms with Crippen LogP contribution in [-0.2, 0) is 4.79 Å². The fourth-order valence-corrected chi connectivity index (χ4v) is 3.40. The van der Waals surface area contributed by atoms with Crippen LogP contribution in [0.5, 0.6) is 0 Å². The summed E-state index contributed by atoms with van der Waals surface area (Å²) in [6, 6.07) is 0. The maximum Gasteiger partial charge on any atom is 0.123 e. The molecule has 2 rings (SSSR count). The van der Waals surface area contributed by atoms with E-state index in [1.165, 1.54) is 24.7 Å². The molecule has 2 aliphatic carbocycles. The standard InChI is InChI=1S/C15H22O/c1-10(2)12-5-4-11(3)14-7-6-13(9-16)15(14)8-12/h9,12-13,15H,1,4-8H2,2-3H3. The topological polar surface area (TPSA) is 17.1 Å². The SMILES string of the molecule is C=C(C)C1CCC(C)=C2CCC(C=O)C2C1. The van der Waals surface area contributed by atoms with Crippen molar-refractivity contribution in [2.75, 3.05) is 0 Å². The molecule has 88 valence electrons. The Hall–Kier alpha value is -0.850. The van der Waals surface area contributed by atoms with E-state index in [1.807, 2.05) is 0 Å². The molecule has 1 heteroatoms. The Bertz CT molecular complexity index is 337. The highest BCUT2D eigenvalue weighted by molar-refractivity contribution is 5.57. The van der Waals surface area contributed by atoms with E-state index in [4.69, 9.17) is 0 Å². The first-order valence-electron chi connectivity index (χ1n) is 6.42. The Morgan fingerprint density at radius 1 is 1.38 bits per heavy atom. The summed E-state index contributed by atoms with van der Waals surface area (Å²) in [5, 5.41) is 0. The minimum absolute atomic E-state index is 0.282. The molecule has 0 bridgehead atoms. The molecule has 0 aromatic rings. The third-order valence-corrected chi connectivity index (χ3v) is 4.54. The molecular formula is C15H22O. The zero-order chi connectivity index (χ0) is 11.7. The first-order valence-corrected chi connectivity index (χ1v) is 6.42. The summed E-state index contributed by atoms with van der Waals surface area (Å²) in [6.45, 7) is 8.50. The average molecular weight is 218 g/mol. The van der Waals surface area contributed by atoms with Crippen LogP contribution < -0.4 is 0 Å². The fourth-order valence-electron chi connectivity index (χ4n) is 3.40. The van der Waals surface area contributed by atoms with Crippen molar-refractivity contribution in [3.63, 3.8) is 0 Å². The molecule has 0 aromatic carbocycles. The van der Waals surface area contributed by atoms with E-state index in [9.17, 15) is 4.79 Å². The molecule has 0 heterocycles. The van der Waals surface area contributed by atoms with Crippen molar-refractivity contribution in [1.82, 2.24) is 0 Å². The van der Waals surface area contributed by atoms with Crippen LogP contribution in [0.4, 0.5) is 0 Å². The Labute approximate surface area is 98.6 Å². The maximum absolute atomic E-state index is 11.1. The lowest BCUT2D eigenvalue weighted by atomic mass is 9.83. The van der Waals surface area contributed by atoms with Gasteiger partial charge in [-0.15, -0.1) is 0 Å². The molecule has 0 aromatic heterocycles. The summed E-state index contributed by atoms with van der Waals surface area (Å²) in [5.74, 6) is 1.43. The van der Waals surface area contributed by atoms with Gasteiger partial charge in [-0.2, -0.15) is 0 Å². The quantitative estimate of drug-likeness (QED) is 0.507. The predicted molar refractivity (Wildman–Crippen MR) is 67.1 cm³/mol. The Morgan fingerprint density at radius 3 is 2.75 bits per heavy atom. The molecule has 0 aliphatic heterocycles. The van der Waals surface area contributed by atoms with Crippen molar-refractivity contribution < 1.29 is 4.79 Å². The molecule has 16 heavy (non-hydrogen) atoms. The van der Waals surface area contributed by atoms with Gasteiger partial charge in [0.05, 0.1) is 0 Å². The predicted octanol–water partition coefficient (Wildman–Crippen LogP) is 3.90. The summed E-state index contributed by atoms with van der Waals surface area (Å²) in [7, 11) is 0.